The number of benzene rings is 2. The van der Waals surface area contributed by atoms with Gasteiger partial charge in [0, 0.05) is 21.4 Å². The monoisotopic (exact) mass is 431 g/mol. The number of halogens is 2. The molecule has 2 aromatic carbocycles. The van der Waals surface area contributed by atoms with E-state index in [0.717, 1.165) is 22.2 Å². The summed E-state index contributed by atoms with van der Waals surface area (Å²) in [7, 11) is 0. The van der Waals surface area contributed by atoms with E-state index >= 15 is 0 Å². The molecule has 0 radical (unpaired) electrons. The molecule has 0 atom stereocenters. The highest BCUT2D eigenvalue weighted by Crippen LogP contribution is 2.22. The highest BCUT2D eigenvalue weighted by atomic mass is 35.5. The third kappa shape index (κ3) is 5.64. The van der Waals surface area contributed by atoms with Crippen molar-refractivity contribution in [3.05, 3.63) is 94.2 Å². The molecule has 0 unspecified atom stereocenters. The number of thioether (sulfide) groups is 1. The molecular weight excluding hydrogens is 413 g/mol. The number of nitrogens with zero attached hydrogens (tertiary/aromatic N) is 3. The summed E-state index contributed by atoms with van der Waals surface area (Å²) in [6, 6.07) is 15.5. The van der Waals surface area contributed by atoms with Crippen molar-refractivity contribution in [1.82, 2.24) is 9.55 Å². The second kappa shape index (κ2) is 10.4. The van der Waals surface area contributed by atoms with Crippen LogP contribution < -0.4 is 0 Å². The molecule has 0 fully saturated rings. The van der Waals surface area contributed by atoms with E-state index < -0.39 is 0 Å². The fourth-order valence-electron chi connectivity index (χ4n) is 2.48. The predicted octanol–water partition coefficient (Wildman–Crippen LogP) is 6.07. The summed E-state index contributed by atoms with van der Waals surface area (Å²) < 4.78 is 2.10. The maximum atomic E-state index is 6.15. The fourth-order valence-corrected chi connectivity index (χ4v) is 3.67. The van der Waals surface area contributed by atoms with Crippen LogP contribution in [0.4, 0.5) is 0 Å². The predicted molar refractivity (Wildman–Crippen MR) is 118 cm³/mol. The van der Waals surface area contributed by atoms with Crippen molar-refractivity contribution in [2.75, 3.05) is 5.75 Å². The van der Waals surface area contributed by atoms with Gasteiger partial charge in [0.2, 0.25) is 0 Å². The zero-order chi connectivity index (χ0) is 19.8. The Labute approximate surface area is 178 Å². The van der Waals surface area contributed by atoms with E-state index in [1.165, 1.54) is 5.56 Å². The topological polar surface area (TPSA) is 39.4 Å². The molecule has 3 aromatic rings. The van der Waals surface area contributed by atoms with E-state index in [9.17, 15) is 0 Å². The zero-order valence-electron chi connectivity index (χ0n) is 15.1. The van der Waals surface area contributed by atoms with Crippen molar-refractivity contribution in [1.29, 1.82) is 0 Å². The van der Waals surface area contributed by atoms with Crippen LogP contribution >= 0.6 is 35.0 Å². The largest absolute Gasteiger partial charge is 0.391 e. The summed E-state index contributed by atoms with van der Waals surface area (Å²) >= 11 is 13.7. The molecule has 7 heteroatoms. The first-order valence-electron chi connectivity index (χ1n) is 8.60. The van der Waals surface area contributed by atoms with E-state index in [4.69, 9.17) is 28.0 Å². The lowest BCUT2D eigenvalue weighted by atomic mass is 10.2. The van der Waals surface area contributed by atoms with E-state index in [2.05, 4.69) is 33.4 Å². The average Bonchev–Trinajstić information content (AvgIpc) is 3.07. The molecule has 4 nitrogen and oxygen atoms in total. The molecule has 1 aromatic heterocycles. The van der Waals surface area contributed by atoms with E-state index in [0.29, 0.717) is 16.6 Å². The minimum Gasteiger partial charge on any atom is -0.391 e. The van der Waals surface area contributed by atoms with Crippen LogP contribution in [0.1, 0.15) is 16.8 Å². The first-order valence-corrected chi connectivity index (χ1v) is 10.3. The lowest BCUT2D eigenvalue weighted by Crippen LogP contribution is -2.06. The molecule has 1 heterocycles. The van der Waals surface area contributed by atoms with Crippen LogP contribution in [-0.2, 0) is 18.0 Å². The van der Waals surface area contributed by atoms with E-state index in [1.807, 2.05) is 30.3 Å². The van der Waals surface area contributed by atoms with Crippen molar-refractivity contribution in [3.63, 3.8) is 0 Å². The summed E-state index contributed by atoms with van der Waals surface area (Å²) in [6.07, 6.45) is 5.31. The first kappa shape index (κ1) is 20.5. The van der Waals surface area contributed by atoms with Gasteiger partial charge in [-0.3, -0.25) is 0 Å². The molecule has 0 spiro atoms. The molecule has 0 saturated carbocycles. The van der Waals surface area contributed by atoms with E-state index in [1.54, 1.807) is 36.3 Å². The van der Waals surface area contributed by atoms with Crippen molar-refractivity contribution in [2.45, 2.75) is 18.3 Å². The van der Waals surface area contributed by atoms with Crippen molar-refractivity contribution < 1.29 is 4.84 Å². The van der Waals surface area contributed by atoms with Gasteiger partial charge < -0.3 is 9.40 Å². The Balaban J connectivity index is 1.72. The number of rotatable bonds is 9. The third-order valence-electron chi connectivity index (χ3n) is 3.86. The molecule has 28 heavy (non-hydrogen) atoms. The third-order valence-corrected chi connectivity index (χ3v) is 5.43. The Kier molecular flexibility index (Phi) is 7.60. The van der Waals surface area contributed by atoms with Crippen LogP contribution in [0.3, 0.4) is 0 Å². The van der Waals surface area contributed by atoms with Crippen LogP contribution in [0, 0.1) is 0 Å². The smallest absolute Gasteiger partial charge is 0.169 e. The van der Waals surface area contributed by atoms with Crippen LogP contribution in [0.5, 0.6) is 0 Å². The highest BCUT2D eigenvalue weighted by molar-refractivity contribution is 7.99. The number of hydrogen-bond donors (Lipinski definition) is 0. The molecule has 144 valence electrons. The van der Waals surface area contributed by atoms with Gasteiger partial charge in [0.1, 0.15) is 6.61 Å². The van der Waals surface area contributed by atoms with Gasteiger partial charge in [-0.15, -0.1) is 6.58 Å². The minimum absolute atomic E-state index is 0.261. The summed E-state index contributed by atoms with van der Waals surface area (Å²) in [5.74, 6) is 0.786. The molecular formula is C21H19Cl2N3OS. The Hall–Kier alpha value is -2.21. The van der Waals surface area contributed by atoms with Gasteiger partial charge in [-0.1, -0.05) is 82.6 Å². The Morgan fingerprint density at radius 1 is 1.18 bits per heavy atom. The number of hydrogen-bond acceptors (Lipinski definition) is 4. The zero-order valence-corrected chi connectivity index (χ0v) is 17.4. The van der Waals surface area contributed by atoms with Crippen molar-refractivity contribution in [2.24, 2.45) is 5.16 Å². The SMILES string of the molecule is C=CCSc1ncc(/C=N\OCc2ccc(Cl)cc2Cl)n1Cc1ccccc1. The Bertz CT molecular complexity index is 958. The second-order valence-electron chi connectivity index (χ2n) is 5.88. The lowest BCUT2D eigenvalue weighted by Gasteiger charge is -2.09. The van der Waals surface area contributed by atoms with E-state index in [-0.39, 0.29) is 6.61 Å². The molecule has 0 saturated heterocycles. The van der Waals surface area contributed by atoms with Gasteiger partial charge in [-0.25, -0.2) is 4.98 Å². The van der Waals surface area contributed by atoms with Crippen molar-refractivity contribution >= 4 is 41.2 Å². The van der Waals surface area contributed by atoms with Crippen LogP contribution in [-0.4, -0.2) is 21.5 Å². The van der Waals surface area contributed by atoms with Gasteiger partial charge in [-0.05, 0) is 17.7 Å². The van der Waals surface area contributed by atoms with Gasteiger partial charge >= 0.3 is 0 Å². The number of aromatic nitrogens is 2. The minimum atomic E-state index is 0.261. The van der Waals surface area contributed by atoms with Gasteiger partial charge in [0.15, 0.2) is 5.16 Å². The summed E-state index contributed by atoms with van der Waals surface area (Å²) in [6.45, 7) is 4.74. The van der Waals surface area contributed by atoms with Gasteiger partial charge in [0.05, 0.1) is 24.7 Å². The second-order valence-corrected chi connectivity index (χ2v) is 7.71. The van der Waals surface area contributed by atoms with Gasteiger partial charge in [0.25, 0.3) is 0 Å². The Morgan fingerprint density at radius 3 is 2.75 bits per heavy atom. The summed E-state index contributed by atoms with van der Waals surface area (Å²) in [4.78, 5) is 9.92. The summed E-state index contributed by atoms with van der Waals surface area (Å²) in [5.41, 5.74) is 2.87. The first-order chi connectivity index (χ1) is 13.7. The van der Waals surface area contributed by atoms with Crippen LogP contribution in [0.15, 0.2) is 77.7 Å². The Morgan fingerprint density at radius 2 is 2.00 bits per heavy atom. The fraction of sp³-hybridized carbons (Fsp3) is 0.143. The normalized spacial score (nSPS) is 11.1. The molecule has 0 aliphatic rings. The lowest BCUT2D eigenvalue weighted by molar-refractivity contribution is 0.132. The number of imidazole rings is 1. The van der Waals surface area contributed by atoms with Gasteiger partial charge in [-0.2, -0.15) is 0 Å². The molecule has 0 N–H and O–H groups in total. The molecule has 0 amide bonds. The molecule has 0 bridgehead atoms. The molecule has 3 rings (SSSR count). The van der Waals surface area contributed by atoms with Crippen LogP contribution in [0.2, 0.25) is 10.0 Å². The molecule has 0 aliphatic heterocycles. The quantitative estimate of drug-likeness (QED) is 0.178. The average molecular weight is 432 g/mol. The number of oxime groups is 1. The highest BCUT2D eigenvalue weighted by Gasteiger charge is 2.10. The van der Waals surface area contributed by atoms with Crippen LogP contribution in [0.25, 0.3) is 0 Å². The maximum Gasteiger partial charge on any atom is 0.169 e. The standard InChI is InChI=1S/C21H19Cl2N3OS/c1-2-10-28-21-24-12-19(26(21)14-16-6-4-3-5-7-16)13-25-27-15-17-8-9-18(22)11-20(17)23/h2-9,11-13H,1,10,14-15H2/b25-13-. The summed E-state index contributed by atoms with van der Waals surface area (Å²) in [5, 5.41) is 6.14. The maximum absolute atomic E-state index is 6.15. The molecule has 0 aliphatic carbocycles. The van der Waals surface area contributed by atoms with Crippen molar-refractivity contribution in [3.8, 4) is 0 Å².